The van der Waals surface area contributed by atoms with E-state index in [0.717, 1.165) is 0 Å². The Morgan fingerprint density at radius 3 is 1.30 bits per heavy atom. The maximum atomic E-state index is 11.3. The summed E-state index contributed by atoms with van der Waals surface area (Å²) in [6.07, 6.45) is -12.0. The fraction of sp³-hybridized carbons (Fsp3) is 0.800. The van der Waals surface area contributed by atoms with Gasteiger partial charge in [-0.15, -0.1) is 0 Å². The van der Waals surface area contributed by atoms with E-state index in [2.05, 4.69) is 5.37 Å². The molecule has 0 amide bonds. The van der Waals surface area contributed by atoms with Gasteiger partial charge in [0.05, 0.1) is 0 Å². The minimum absolute atomic E-state index is 0.917. The molecule has 0 aromatic heterocycles. The number of hydrogen-bond acceptors (Lipinski definition) is 12. The molecule has 8 N–H and O–H groups in total. The minimum atomic E-state index is -2.95. The molecule has 0 heterocycles. The van der Waals surface area contributed by atoms with Crippen molar-refractivity contribution >= 4 is 37.1 Å². The van der Waals surface area contributed by atoms with E-state index in [4.69, 9.17) is 20.4 Å². The number of carbonyl (C=O) groups excluding carboxylic acids is 2. The third-order valence-corrected chi connectivity index (χ3v) is 4.79. The van der Waals surface area contributed by atoms with Crippen molar-refractivity contribution in [2.45, 2.75) is 36.6 Å². The number of carbonyl (C=O) groups is 2. The molecule has 13 heteroatoms. The molecule has 0 spiro atoms. The second kappa shape index (κ2) is 11.2. The van der Waals surface area contributed by atoms with Crippen LogP contribution in [0.25, 0.3) is 0 Å². The predicted octanol–water partition coefficient (Wildman–Crippen LogP) is -6.24. The molecule has 2 radical (unpaired) electrons. The predicted molar refractivity (Wildman–Crippen MR) is 68.2 cm³/mol. The van der Waals surface area contributed by atoms with Crippen LogP contribution in [0.15, 0.2) is 0 Å². The number of aliphatic hydroxyl groups excluding tert-OH is 8. The van der Waals surface area contributed by atoms with Gasteiger partial charge in [0.1, 0.15) is 0 Å². The first kappa shape index (κ1) is 22.5. The Bertz CT molecular complexity index is 345. The fourth-order valence-corrected chi connectivity index (χ4v) is 2.88. The van der Waals surface area contributed by atoms with E-state index in [1.807, 2.05) is 0 Å². The Morgan fingerprint density at radius 2 is 1.04 bits per heavy atom. The third-order valence-electron chi connectivity index (χ3n) is 2.58. The topological polar surface area (TPSA) is 214 Å². The number of rotatable bonds is 10. The Kier molecular flexibility index (Phi) is 10.9. The Hall–Kier alpha value is -0.458. The molecule has 0 rings (SSSR count). The van der Waals surface area contributed by atoms with Crippen molar-refractivity contribution < 1.29 is 55.8 Å². The zero-order valence-electron chi connectivity index (χ0n) is 11.6. The van der Waals surface area contributed by atoms with Gasteiger partial charge in [-0.1, -0.05) is 0 Å². The molecule has 0 fully saturated rings. The van der Waals surface area contributed by atoms with Gasteiger partial charge in [0.25, 0.3) is 0 Å². The Labute approximate surface area is 143 Å². The Balaban J connectivity index is 4.28. The van der Waals surface area contributed by atoms with Crippen molar-refractivity contribution in [3.63, 3.8) is 0 Å². The average molecular weight is 537 g/mol. The number of hydrogen-bond donors (Lipinski definition) is 8. The molecule has 0 saturated heterocycles. The van der Waals surface area contributed by atoms with Crippen LogP contribution >= 0.6 is 0 Å². The average Bonchev–Trinajstić information content (AvgIpc) is 2.56. The van der Waals surface area contributed by atoms with Crippen molar-refractivity contribution in [2.24, 2.45) is 0 Å². The van der Waals surface area contributed by atoms with Crippen LogP contribution in [0.4, 0.5) is 0 Å². The summed E-state index contributed by atoms with van der Waals surface area (Å²) >= 11 is -2.95. The summed E-state index contributed by atoms with van der Waals surface area (Å²) in [6, 6.07) is 0. The van der Waals surface area contributed by atoms with Gasteiger partial charge < -0.3 is 0 Å². The van der Waals surface area contributed by atoms with Crippen LogP contribution in [0.1, 0.15) is 0 Å². The number of aliphatic hydroxyl groups is 8. The fourth-order valence-electron chi connectivity index (χ4n) is 1.14. The Morgan fingerprint density at radius 1 is 0.739 bits per heavy atom. The SMILES string of the molecule is O=C([O][Pb][O]C(=O)[C@H](O)[C@@H](O)[C@H](O)CO)[C@H](O)[C@@H](O)[C@H](O)CO. The van der Waals surface area contributed by atoms with E-state index in [0.29, 0.717) is 0 Å². The summed E-state index contributed by atoms with van der Waals surface area (Å²) in [7, 11) is 0. The second-order valence-corrected chi connectivity index (χ2v) is 6.53. The summed E-state index contributed by atoms with van der Waals surface area (Å²) in [4.78, 5) is 22.6. The first-order valence-electron chi connectivity index (χ1n) is 6.13. The zero-order valence-corrected chi connectivity index (χ0v) is 15.5. The van der Waals surface area contributed by atoms with Gasteiger partial charge >= 0.3 is 143 Å². The summed E-state index contributed by atoms with van der Waals surface area (Å²) < 4.78 is 8.82. The molecule has 0 aromatic carbocycles. The van der Waals surface area contributed by atoms with Gasteiger partial charge in [-0.2, -0.15) is 0 Å². The molecule has 23 heavy (non-hydrogen) atoms. The van der Waals surface area contributed by atoms with Crippen molar-refractivity contribution in [2.75, 3.05) is 13.2 Å². The van der Waals surface area contributed by atoms with Crippen LogP contribution in [0.3, 0.4) is 0 Å². The van der Waals surface area contributed by atoms with Gasteiger partial charge in [-0.3, -0.25) is 0 Å². The second-order valence-electron chi connectivity index (χ2n) is 4.30. The van der Waals surface area contributed by atoms with E-state index in [-0.39, 0.29) is 0 Å². The maximum absolute atomic E-state index is 11.3. The summed E-state index contributed by atoms with van der Waals surface area (Å²) in [5.41, 5.74) is 0. The van der Waals surface area contributed by atoms with Crippen LogP contribution in [-0.2, 0) is 15.0 Å². The molecule has 12 nitrogen and oxygen atoms in total. The van der Waals surface area contributed by atoms with E-state index < -0.39 is 86.9 Å². The summed E-state index contributed by atoms with van der Waals surface area (Å²) in [5.74, 6) is -2.82. The molecular formula is C10H18O12Pb. The van der Waals surface area contributed by atoms with Gasteiger partial charge in [0.15, 0.2) is 0 Å². The zero-order chi connectivity index (χ0) is 18.2. The normalized spacial score (nSPS) is 19.1. The van der Waals surface area contributed by atoms with Crippen molar-refractivity contribution in [3.8, 4) is 0 Å². The van der Waals surface area contributed by atoms with E-state index in [1.54, 1.807) is 0 Å². The molecule has 134 valence electrons. The molecule has 6 atom stereocenters. The van der Waals surface area contributed by atoms with E-state index in [9.17, 15) is 30.0 Å². The molecule has 0 aliphatic carbocycles. The molecule has 0 aliphatic heterocycles. The monoisotopic (exact) mass is 538 g/mol. The molecule has 0 aliphatic rings. The standard InChI is InChI=1S/2C5H10O6.Pb/c2*6-1-2(7)3(8)4(9)5(10)11;/h2*2-4,6-9H,1H2,(H,10,11);/q;;+2/p-2/t2*2-,3+,4-;/m11./s1. The van der Waals surface area contributed by atoms with E-state index in [1.165, 1.54) is 0 Å². The van der Waals surface area contributed by atoms with Crippen LogP contribution in [-0.4, -0.2) is 128 Å². The van der Waals surface area contributed by atoms with Crippen LogP contribution in [0.2, 0.25) is 0 Å². The van der Waals surface area contributed by atoms with Crippen LogP contribution < -0.4 is 0 Å². The van der Waals surface area contributed by atoms with Crippen LogP contribution in [0.5, 0.6) is 0 Å². The first-order valence-corrected chi connectivity index (χ1v) is 9.31. The van der Waals surface area contributed by atoms with Gasteiger partial charge in [-0.05, 0) is 0 Å². The molecule has 0 aromatic rings. The van der Waals surface area contributed by atoms with Crippen molar-refractivity contribution in [1.29, 1.82) is 0 Å². The van der Waals surface area contributed by atoms with Gasteiger partial charge in [-0.25, -0.2) is 0 Å². The molecule has 0 unspecified atom stereocenters. The molecule has 0 saturated carbocycles. The van der Waals surface area contributed by atoms with E-state index >= 15 is 0 Å². The molecular weight excluding hydrogens is 519 g/mol. The van der Waals surface area contributed by atoms with Gasteiger partial charge in [0, 0.05) is 0 Å². The first-order chi connectivity index (χ1) is 10.7. The van der Waals surface area contributed by atoms with Crippen LogP contribution in [0, 0.1) is 0 Å². The van der Waals surface area contributed by atoms with Gasteiger partial charge in [0.2, 0.25) is 0 Å². The van der Waals surface area contributed by atoms with Crippen molar-refractivity contribution in [3.05, 3.63) is 0 Å². The summed E-state index contributed by atoms with van der Waals surface area (Å²) in [5, 5.41) is 72.2. The van der Waals surface area contributed by atoms with Crippen molar-refractivity contribution in [1.82, 2.24) is 0 Å². The quantitative estimate of drug-likeness (QED) is 0.122. The molecule has 0 bridgehead atoms. The third kappa shape index (κ3) is 7.31. The summed E-state index contributed by atoms with van der Waals surface area (Å²) in [6.45, 7) is -1.83.